The molecule has 0 atom stereocenters. The summed E-state index contributed by atoms with van der Waals surface area (Å²) in [6, 6.07) is 2.15. The average Bonchev–Trinajstić information content (AvgIpc) is 3.26. The lowest BCUT2D eigenvalue weighted by molar-refractivity contribution is 0.476. The van der Waals surface area contributed by atoms with Crippen molar-refractivity contribution in [3.63, 3.8) is 0 Å². The first-order chi connectivity index (χ1) is 11.3. The molecule has 136 valence electrons. The summed E-state index contributed by atoms with van der Waals surface area (Å²) in [5, 5.41) is 8.09. The second-order valence-electron chi connectivity index (χ2n) is 5.83. The van der Waals surface area contributed by atoms with Crippen LogP contribution in [0, 0.1) is 6.92 Å². The lowest BCUT2D eigenvalue weighted by Gasteiger charge is -2.13. The molecule has 6 nitrogen and oxygen atoms in total. The van der Waals surface area contributed by atoms with Crippen LogP contribution in [0.1, 0.15) is 22.7 Å². The minimum Gasteiger partial charge on any atom is -0.330 e. The van der Waals surface area contributed by atoms with E-state index in [2.05, 4.69) is 37.5 Å². The second kappa shape index (κ2) is 8.80. The zero-order valence-electron chi connectivity index (χ0n) is 14.0. The van der Waals surface area contributed by atoms with Gasteiger partial charge >= 0.3 is 0 Å². The third-order valence-electron chi connectivity index (χ3n) is 4.26. The molecule has 4 rings (SSSR count). The molecule has 0 radical (unpaired) electrons. The molecule has 0 spiro atoms. The van der Waals surface area contributed by atoms with Gasteiger partial charge in [-0.2, -0.15) is 5.10 Å². The van der Waals surface area contributed by atoms with Crippen molar-refractivity contribution < 1.29 is 0 Å². The van der Waals surface area contributed by atoms with E-state index in [4.69, 9.17) is 5.10 Å². The number of aromatic nitrogens is 5. The topological polar surface area (TPSA) is 60.6 Å². The maximum atomic E-state index is 4.71. The molecule has 0 amide bonds. The Labute approximate surface area is 163 Å². The first-order valence-corrected chi connectivity index (χ1v) is 8.87. The van der Waals surface area contributed by atoms with Gasteiger partial charge in [-0.1, -0.05) is 0 Å². The molecule has 0 aromatic carbocycles. The van der Waals surface area contributed by atoms with Crippen molar-refractivity contribution in [2.24, 2.45) is 0 Å². The van der Waals surface area contributed by atoms with E-state index >= 15 is 0 Å². The van der Waals surface area contributed by atoms with E-state index in [1.165, 1.54) is 10.6 Å². The normalized spacial score (nSPS) is 13.0. The van der Waals surface area contributed by atoms with Crippen molar-refractivity contribution in [1.82, 2.24) is 29.6 Å². The Kier molecular flexibility index (Phi) is 7.01. The number of nitrogens with one attached hydrogen (secondary N) is 1. The molecule has 0 unspecified atom stereocenters. The number of nitrogens with zero attached hydrogens (tertiary/aromatic N) is 5. The minimum absolute atomic E-state index is 0. The number of thiazole rings is 1. The molecule has 1 N–H and O–H groups in total. The molecule has 0 fully saturated rings. The summed E-state index contributed by atoms with van der Waals surface area (Å²) >= 11 is 1.75. The highest BCUT2D eigenvalue weighted by molar-refractivity contribution is 7.09. The molecule has 25 heavy (non-hydrogen) atoms. The highest BCUT2D eigenvalue weighted by atomic mass is 35.5. The van der Waals surface area contributed by atoms with Gasteiger partial charge in [-0.15, -0.1) is 36.2 Å². The lowest BCUT2D eigenvalue weighted by atomic mass is 10.2. The fraction of sp³-hybridized carbons (Fsp3) is 0.438. The lowest BCUT2D eigenvalue weighted by Crippen LogP contribution is -2.28. The van der Waals surface area contributed by atoms with E-state index < -0.39 is 0 Å². The highest BCUT2D eigenvalue weighted by Crippen LogP contribution is 2.20. The molecular formula is C16H22Cl2N6S. The highest BCUT2D eigenvalue weighted by Gasteiger charge is 2.15. The number of aryl methyl sites for hydroxylation is 3. The van der Waals surface area contributed by atoms with Crippen molar-refractivity contribution in [3.05, 3.63) is 40.2 Å². The van der Waals surface area contributed by atoms with Gasteiger partial charge in [-0.25, -0.2) is 9.97 Å². The Hall–Kier alpha value is -1.41. The Morgan fingerprint density at radius 2 is 2.16 bits per heavy atom. The summed E-state index contributed by atoms with van der Waals surface area (Å²) in [7, 11) is 0. The smallest absolute Gasteiger partial charge is 0.160 e. The SMILES string of the molecule is Cc1ncsc1CCCn1ccnc1-c1cc2n(n1)CCNC2.Cl.Cl. The fourth-order valence-corrected chi connectivity index (χ4v) is 3.82. The molecule has 1 aliphatic rings. The molecule has 1 aliphatic heterocycles. The number of hydrogen-bond donors (Lipinski definition) is 1. The average molecular weight is 401 g/mol. The van der Waals surface area contributed by atoms with Crippen molar-refractivity contribution >= 4 is 36.2 Å². The molecule has 9 heteroatoms. The zero-order chi connectivity index (χ0) is 15.6. The van der Waals surface area contributed by atoms with Crippen LogP contribution in [0.25, 0.3) is 11.5 Å². The monoisotopic (exact) mass is 400 g/mol. The van der Waals surface area contributed by atoms with Gasteiger partial charge in [0.2, 0.25) is 0 Å². The van der Waals surface area contributed by atoms with Crippen molar-refractivity contribution in [2.45, 2.75) is 39.4 Å². The standard InChI is InChI=1S/C16H20N6S.2ClH/c1-12-15(23-11-19-12)3-2-6-21-7-5-18-16(21)14-9-13-10-17-4-8-22(13)20-14;;/h5,7,9,11,17H,2-4,6,8,10H2,1H3;2*1H. The van der Waals surface area contributed by atoms with Gasteiger partial charge in [0.1, 0.15) is 5.69 Å². The Bertz CT molecular complexity index is 786. The summed E-state index contributed by atoms with van der Waals surface area (Å²) in [4.78, 5) is 10.2. The van der Waals surface area contributed by atoms with Crippen LogP contribution in [0.3, 0.4) is 0 Å². The van der Waals surface area contributed by atoms with E-state index in [0.29, 0.717) is 0 Å². The maximum Gasteiger partial charge on any atom is 0.160 e. The van der Waals surface area contributed by atoms with Crippen LogP contribution >= 0.6 is 36.2 Å². The molecule has 3 aromatic rings. The molecular weight excluding hydrogens is 379 g/mol. The summed E-state index contributed by atoms with van der Waals surface area (Å²) in [5.74, 6) is 0.966. The first-order valence-electron chi connectivity index (χ1n) is 7.99. The third-order valence-corrected chi connectivity index (χ3v) is 5.26. The predicted molar refractivity (Wildman–Crippen MR) is 105 cm³/mol. The third kappa shape index (κ3) is 4.23. The molecule has 0 saturated carbocycles. The summed E-state index contributed by atoms with van der Waals surface area (Å²) in [6.45, 7) is 5.83. The van der Waals surface area contributed by atoms with Crippen LogP contribution in [0.4, 0.5) is 0 Å². The van der Waals surface area contributed by atoms with Gasteiger partial charge in [-0.05, 0) is 25.8 Å². The van der Waals surface area contributed by atoms with Crippen LogP contribution in [-0.2, 0) is 26.1 Å². The minimum atomic E-state index is 0. The Morgan fingerprint density at radius 3 is 2.92 bits per heavy atom. The largest absolute Gasteiger partial charge is 0.330 e. The van der Waals surface area contributed by atoms with Crippen LogP contribution in [0.15, 0.2) is 24.0 Å². The van der Waals surface area contributed by atoms with Gasteiger partial charge in [0.25, 0.3) is 0 Å². The van der Waals surface area contributed by atoms with Crippen molar-refractivity contribution in [3.8, 4) is 11.5 Å². The summed E-state index contributed by atoms with van der Waals surface area (Å²) < 4.78 is 4.30. The van der Waals surface area contributed by atoms with E-state index in [1.54, 1.807) is 11.3 Å². The molecule has 4 heterocycles. The Balaban J connectivity index is 0.00000113. The number of imidazole rings is 1. The second-order valence-corrected chi connectivity index (χ2v) is 6.77. The molecule has 0 bridgehead atoms. The van der Waals surface area contributed by atoms with E-state index in [-0.39, 0.29) is 24.8 Å². The molecule has 0 saturated heterocycles. The number of fused-ring (bicyclic) bond motifs is 1. The van der Waals surface area contributed by atoms with Crippen molar-refractivity contribution in [2.75, 3.05) is 6.54 Å². The zero-order valence-corrected chi connectivity index (χ0v) is 16.5. The Morgan fingerprint density at radius 1 is 1.28 bits per heavy atom. The van der Waals surface area contributed by atoms with Gasteiger partial charge in [0.05, 0.1) is 23.4 Å². The van der Waals surface area contributed by atoms with Crippen molar-refractivity contribution in [1.29, 1.82) is 0 Å². The van der Waals surface area contributed by atoms with E-state index in [9.17, 15) is 0 Å². The summed E-state index contributed by atoms with van der Waals surface area (Å²) in [5.41, 5.74) is 5.30. The quantitative estimate of drug-likeness (QED) is 0.714. The molecule has 3 aromatic heterocycles. The number of hydrogen-bond acceptors (Lipinski definition) is 5. The first kappa shape index (κ1) is 19.9. The number of halogens is 2. The van der Waals surface area contributed by atoms with Gasteiger partial charge in [0.15, 0.2) is 5.82 Å². The molecule has 0 aliphatic carbocycles. The maximum absolute atomic E-state index is 4.71. The van der Waals surface area contributed by atoms with Gasteiger partial charge in [-0.3, -0.25) is 4.68 Å². The summed E-state index contributed by atoms with van der Waals surface area (Å²) in [6.07, 6.45) is 6.06. The van der Waals surface area contributed by atoms with Crippen LogP contribution in [-0.4, -0.2) is 30.9 Å². The van der Waals surface area contributed by atoms with Crippen LogP contribution in [0.2, 0.25) is 0 Å². The number of rotatable bonds is 5. The van der Waals surface area contributed by atoms with E-state index in [1.807, 2.05) is 17.9 Å². The van der Waals surface area contributed by atoms with E-state index in [0.717, 1.165) is 56.2 Å². The van der Waals surface area contributed by atoms with Crippen LogP contribution in [0.5, 0.6) is 0 Å². The van der Waals surface area contributed by atoms with Crippen LogP contribution < -0.4 is 5.32 Å². The van der Waals surface area contributed by atoms with Gasteiger partial charge < -0.3 is 9.88 Å². The fourth-order valence-electron chi connectivity index (χ4n) is 3.00. The van der Waals surface area contributed by atoms with Gasteiger partial charge in [0, 0.05) is 36.9 Å². The predicted octanol–water partition coefficient (Wildman–Crippen LogP) is 3.09.